The molecule has 7 nitrogen and oxygen atoms in total. The van der Waals surface area contributed by atoms with Crippen molar-refractivity contribution in [1.82, 2.24) is 4.57 Å². The highest BCUT2D eigenvalue weighted by Crippen LogP contribution is 2.39. The lowest BCUT2D eigenvalue weighted by Crippen LogP contribution is -2.43. The number of pyridine rings is 1. The van der Waals surface area contributed by atoms with Gasteiger partial charge >= 0.3 is 0 Å². The highest BCUT2D eigenvalue weighted by molar-refractivity contribution is 6.26. The van der Waals surface area contributed by atoms with Crippen molar-refractivity contribution in [1.29, 1.82) is 0 Å². The highest BCUT2D eigenvalue weighted by Gasteiger charge is 2.34. The van der Waals surface area contributed by atoms with Gasteiger partial charge in [-0.1, -0.05) is 42.5 Å². The summed E-state index contributed by atoms with van der Waals surface area (Å²) >= 11 is 0. The quantitative estimate of drug-likeness (QED) is 0.394. The predicted octanol–water partition coefficient (Wildman–Crippen LogP) is 0.288. The van der Waals surface area contributed by atoms with E-state index in [4.69, 9.17) is 5.11 Å². The van der Waals surface area contributed by atoms with E-state index in [1.165, 1.54) is 4.57 Å². The average Bonchev–Trinajstić information content (AvgIpc) is 3.02. The Hall–Kier alpha value is -2.84. The molecule has 0 aliphatic heterocycles. The van der Waals surface area contributed by atoms with Crippen molar-refractivity contribution in [2.24, 2.45) is 0 Å². The van der Waals surface area contributed by atoms with E-state index in [1.807, 2.05) is 0 Å². The van der Waals surface area contributed by atoms with E-state index in [9.17, 15) is 24.9 Å². The number of hydrogen-bond acceptors (Lipinski definition) is 6. The minimum atomic E-state index is -1.65. The molecule has 0 radical (unpaired) electrons. The first-order valence-corrected chi connectivity index (χ1v) is 8.90. The number of aliphatic hydroxyl groups is 4. The van der Waals surface area contributed by atoms with E-state index in [1.54, 1.807) is 48.5 Å². The third-order valence-corrected chi connectivity index (χ3v) is 5.18. The molecular weight excluding hydrogens is 362 g/mol. The summed E-state index contributed by atoms with van der Waals surface area (Å²) in [5, 5.41) is 39.8. The first-order chi connectivity index (χ1) is 13.5. The van der Waals surface area contributed by atoms with Crippen LogP contribution in [0.3, 0.4) is 0 Å². The molecule has 0 unspecified atom stereocenters. The van der Waals surface area contributed by atoms with Crippen LogP contribution in [0, 0.1) is 0 Å². The number of rotatable bonds is 5. The number of benzene rings is 2. The summed E-state index contributed by atoms with van der Waals surface area (Å²) in [5.41, 5.74) is 1.39. The van der Waals surface area contributed by atoms with Gasteiger partial charge in [0.25, 0.3) is 5.56 Å². The fourth-order valence-corrected chi connectivity index (χ4v) is 3.76. The molecule has 0 bridgehead atoms. The zero-order chi connectivity index (χ0) is 20.0. The van der Waals surface area contributed by atoms with Crippen molar-refractivity contribution >= 4 is 16.6 Å². The minimum Gasteiger partial charge on any atom is -0.394 e. The van der Waals surface area contributed by atoms with Gasteiger partial charge in [0, 0.05) is 21.9 Å². The second kappa shape index (κ2) is 6.96. The molecule has 7 heteroatoms. The van der Waals surface area contributed by atoms with Gasteiger partial charge in [-0.25, -0.2) is 0 Å². The molecule has 144 valence electrons. The predicted molar refractivity (Wildman–Crippen MR) is 102 cm³/mol. The highest BCUT2D eigenvalue weighted by atomic mass is 16.4. The van der Waals surface area contributed by atoms with Crippen LogP contribution in [0.5, 0.6) is 0 Å². The van der Waals surface area contributed by atoms with Crippen LogP contribution in [0.4, 0.5) is 0 Å². The minimum absolute atomic E-state index is 0.207. The number of aliphatic hydroxyl groups excluding tert-OH is 4. The Balaban J connectivity index is 1.97. The molecule has 0 saturated carbocycles. The topological polar surface area (TPSA) is 120 Å². The summed E-state index contributed by atoms with van der Waals surface area (Å²) in [6.07, 6.45) is -4.72. The largest absolute Gasteiger partial charge is 0.394 e. The maximum Gasteiger partial charge on any atom is 0.259 e. The first-order valence-electron chi connectivity index (χ1n) is 8.90. The van der Waals surface area contributed by atoms with Crippen LogP contribution < -0.4 is 5.56 Å². The fraction of sp³-hybridized carbons (Fsp3) is 0.238. The molecule has 4 N–H and O–H groups in total. The van der Waals surface area contributed by atoms with Crippen LogP contribution >= 0.6 is 0 Å². The van der Waals surface area contributed by atoms with Gasteiger partial charge in [-0.15, -0.1) is 0 Å². The molecule has 0 amide bonds. The standard InChI is InChI=1S/C21H19NO6/c23-10-16(25)20(27)15(24)9-22-18-12-6-2-3-7-13(12)19(26)17(18)11-5-1-4-8-14(11)21(22)28/h1-8,15-16,20,23-25,27H,9-10H2/t15-,16-,20+/m1/s1. The molecule has 1 aromatic heterocycles. The Morgan fingerprint density at radius 1 is 0.821 bits per heavy atom. The van der Waals surface area contributed by atoms with Crippen LogP contribution in [-0.2, 0) is 6.54 Å². The SMILES string of the molecule is O=C1c2ccccc2-c2c1c1ccccc1c(=O)n2C[C@@H](O)[C@H](O)[C@H](O)CO. The van der Waals surface area contributed by atoms with E-state index < -0.39 is 30.5 Å². The van der Waals surface area contributed by atoms with Crippen LogP contribution in [0.15, 0.2) is 53.3 Å². The van der Waals surface area contributed by atoms with Gasteiger partial charge in [0.1, 0.15) is 18.3 Å². The number of carbonyl (C=O) groups is 1. The molecule has 4 rings (SSSR count). The van der Waals surface area contributed by atoms with Crippen molar-refractivity contribution < 1.29 is 25.2 Å². The molecule has 0 spiro atoms. The van der Waals surface area contributed by atoms with Crippen LogP contribution in [0.25, 0.3) is 22.0 Å². The van der Waals surface area contributed by atoms with Crippen molar-refractivity contribution in [3.8, 4) is 11.3 Å². The zero-order valence-electron chi connectivity index (χ0n) is 14.8. The maximum absolute atomic E-state index is 13.1. The van der Waals surface area contributed by atoms with Gasteiger partial charge in [-0.2, -0.15) is 0 Å². The third-order valence-electron chi connectivity index (χ3n) is 5.18. The molecule has 3 atom stereocenters. The summed E-state index contributed by atoms with van der Waals surface area (Å²) in [5.74, 6) is -0.207. The van der Waals surface area contributed by atoms with Crippen molar-refractivity contribution in [2.75, 3.05) is 6.61 Å². The second-order valence-corrected chi connectivity index (χ2v) is 6.87. The first kappa shape index (κ1) is 18.5. The van der Waals surface area contributed by atoms with Gasteiger partial charge in [0.05, 0.1) is 24.4 Å². The molecule has 1 aliphatic carbocycles. The second-order valence-electron chi connectivity index (χ2n) is 6.87. The summed E-state index contributed by atoms with van der Waals surface area (Å²) in [6, 6.07) is 13.7. The van der Waals surface area contributed by atoms with E-state index in [0.29, 0.717) is 33.2 Å². The number of carbonyl (C=O) groups excluding carboxylic acids is 1. The molecule has 28 heavy (non-hydrogen) atoms. The lowest BCUT2D eigenvalue weighted by molar-refractivity contribution is -0.0806. The van der Waals surface area contributed by atoms with Crippen molar-refractivity contribution in [3.05, 3.63) is 70.0 Å². The average molecular weight is 381 g/mol. The summed E-state index contributed by atoms with van der Waals surface area (Å²) < 4.78 is 1.26. The molecule has 1 aliphatic rings. The van der Waals surface area contributed by atoms with Crippen molar-refractivity contribution in [2.45, 2.75) is 24.9 Å². The number of fused-ring (bicyclic) bond motifs is 5. The smallest absolute Gasteiger partial charge is 0.259 e. The van der Waals surface area contributed by atoms with Gasteiger partial charge in [0.2, 0.25) is 0 Å². The van der Waals surface area contributed by atoms with Crippen LogP contribution in [0.2, 0.25) is 0 Å². The molecule has 0 fully saturated rings. The number of aromatic nitrogens is 1. The van der Waals surface area contributed by atoms with Crippen molar-refractivity contribution in [3.63, 3.8) is 0 Å². The summed E-state index contributed by atoms with van der Waals surface area (Å²) in [7, 11) is 0. The molecule has 0 saturated heterocycles. The zero-order valence-corrected chi connectivity index (χ0v) is 14.8. The lowest BCUT2D eigenvalue weighted by atomic mass is 10.0. The van der Waals surface area contributed by atoms with Gasteiger partial charge in [-0.05, 0) is 6.07 Å². The van der Waals surface area contributed by atoms with E-state index in [-0.39, 0.29) is 12.3 Å². The molecule has 2 aromatic carbocycles. The Bertz CT molecular complexity index is 1140. The van der Waals surface area contributed by atoms with Gasteiger partial charge in [0.15, 0.2) is 5.78 Å². The molecule has 1 heterocycles. The third kappa shape index (κ3) is 2.68. The maximum atomic E-state index is 13.1. The Morgan fingerprint density at radius 3 is 2.11 bits per heavy atom. The Labute approximate surface area is 159 Å². The number of ketones is 1. The number of nitrogens with zero attached hydrogens (tertiary/aromatic N) is 1. The molecule has 3 aromatic rings. The van der Waals surface area contributed by atoms with Crippen LogP contribution in [-0.4, -0.2) is 55.7 Å². The van der Waals surface area contributed by atoms with E-state index >= 15 is 0 Å². The van der Waals surface area contributed by atoms with E-state index in [2.05, 4.69) is 0 Å². The monoisotopic (exact) mass is 381 g/mol. The normalized spacial score (nSPS) is 15.9. The van der Waals surface area contributed by atoms with Crippen LogP contribution in [0.1, 0.15) is 15.9 Å². The Morgan fingerprint density at radius 2 is 1.43 bits per heavy atom. The summed E-state index contributed by atoms with van der Waals surface area (Å²) in [4.78, 5) is 26.2. The van der Waals surface area contributed by atoms with Gasteiger partial charge in [-0.3, -0.25) is 9.59 Å². The fourth-order valence-electron chi connectivity index (χ4n) is 3.76. The molecular formula is C21H19NO6. The number of hydrogen-bond donors (Lipinski definition) is 4. The van der Waals surface area contributed by atoms with Gasteiger partial charge < -0.3 is 25.0 Å². The lowest BCUT2D eigenvalue weighted by Gasteiger charge is -2.24. The van der Waals surface area contributed by atoms with E-state index in [0.717, 1.165) is 0 Å². The summed E-state index contributed by atoms with van der Waals surface area (Å²) in [6.45, 7) is -1.07. The Kier molecular flexibility index (Phi) is 4.60.